The first-order chi connectivity index (χ1) is 28.2. The Morgan fingerprint density at radius 3 is 2.63 bits per heavy atom. The van der Waals surface area contributed by atoms with Crippen molar-refractivity contribution in [1.82, 2.24) is 5.32 Å². The number of rotatable bonds is 14. The van der Waals surface area contributed by atoms with Crippen LogP contribution in [0.5, 0.6) is 17.2 Å². The van der Waals surface area contributed by atoms with Crippen LogP contribution in [0.1, 0.15) is 43.1 Å². The molecule has 312 valence electrons. The second-order valence-electron chi connectivity index (χ2n) is 16.2. The SMILES string of the molecule is Cc1cc(=O)c2cc3c(c(N4C=C5N=CC=C5C4)c2o1)O[C@](C)(CC[C@@H]1CNC(=O)C1)[C@H](OOC[C@@](O)(Cc1ccc(O)c2ccc(O)cc12)[C@@H](O)[C@H](O)[C@H](O)CO)C3. The van der Waals surface area contributed by atoms with Gasteiger partial charge in [0.25, 0.3) is 0 Å². The van der Waals surface area contributed by atoms with Crippen molar-refractivity contribution >= 4 is 39.6 Å². The van der Waals surface area contributed by atoms with Crippen molar-refractivity contribution in [3.8, 4) is 17.2 Å². The molecule has 0 radical (unpaired) electrons. The zero-order valence-electron chi connectivity index (χ0n) is 32.5. The Labute approximate surface area is 337 Å². The van der Waals surface area contributed by atoms with Crippen molar-refractivity contribution in [3.63, 3.8) is 0 Å². The van der Waals surface area contributed by atoms with Gasteiger partial charge in [0.05, 0.1) is 24.2 Å². The van der Waals surface area contributed by atoms with Gasteiger partial charge in [0, 0.05) is 60.8 Å². The average molecular weight is 814 g/mol. The Kier molecular flexibility index (Phi) is 10.8. The molecule has 1 amide bonds. The number of phenols is 2. The third-order valence-corrected chi connectivity index (χ3v) is 11.9. The van der Waals surface area contributed by atoms with Crippen molar-refractivity contribution < 1.29 is 59.5 Å². The zero-order chi connectivity index (χ0) is 41.8. The molecule has 1 saturated heterocycles. The fourth-order valence-corrected chi connectivity index (χ4v) is 8.48. The lowest BCUT2D eigenvalue weighted by atomic mass is 9.83. The predicted octanol–water partition coefficient (Wildman–Crippen LogP) is 2.31. The monoisotopic (exact) mass is 813 g/mol. The molecule has 1 fully saturated rings. The Morgan fingerprint density at radius 2 is 1.88 bits per heavy atom. The number of nitrogens with one attached hydrogen (secondary N) is 1. The van der Waals surface area contributed by atoms with E-state index in [2.05, 4.69) is 10.3 Å². The summed E-state index contributed by atoms with van der Waals surface area (Å²) in [6.45, 7) is 2.79. The number of fused-ring (bicyclic) bond motifs is 4. The molecular weight excluding hydrogens is 766 g/mol. The number of carbonyl (C=O) groups excluding carboxylic acids is 1. The maximum atomic E-state index is 13.5. The van der Waals surface area contributed by atoms with Crippen LogP contribution >= 0.6 is 0 Å². The maximum Gasteiger partial charge on any atom is 0.220 e. The van der Waals surface area contributed by atoms with Crippen LogP contribution < -0.4 is 20.4 Å². The molecule has 5 heterocycles. The molecule has 0 bridgehead atoms. The predicted molar refractivity (Wildman–Crippen MR) is 214 cm³/mol. The number of hydrogen-bond donors (Lipinski definition) is 8. The summed E-state index contributed by atoms with van der Waals surface area (Å²) in [6, 6.07) is 10.2. The molecule has 4 aliphatic heterocycles. The van der Waals surface area contributed by atoms with E-state index in [0.717, 1.165) is 11.3 Å². The number of amides is 1. The van der Waals surface area contributed by atoms with Gasteiger partial charge >= 0.3 is 0 Å². The minimum atomic E-state index is -2.40. The van der Waals surface area contributed by atoms with Crippen LogP contribution in [0.4, 0.5) is 5.69 Å². The Balaban J connectivity index is 1.15. The first kappa shape index (κ1) is 40.4. The van der Waals surface area contributed by atoms with Crippen LogP contribution in [0, 0.1) is 12.8 Å². The van der Waals surface area contributed by atoms with E-state index in [1.807, 2.05) is 24.1 Å². The van der Waals surface area contributed by atoms with Gasteiger partial charge in [-0.05, 0) is 80.0 Å². The van der Waals surface area contributed by atoms with Gasteiger partial charge in [-0.25, -0.2) is 9.78 Å². The van der Waals surface area contributed by atoms with Crippen LogP contribution in [0.3, 0.4) is 0 Å². The van der Waals surface area contributed by atoms with Gasteiger partial charge in [0.1, 0.15) is 65.2 Å². The van der Waals surface area contributed by atoms with E-state index in [-0.39, 0.29) is 35.2 Å². The summed E-state index contributed by atoms with van der Waals surface area (Å²) in [6.07, 6.45) is -0.367. The smallest absolute Gasteiger partial charge is 0.220 e. The largest absolute Gasteiger partial charge is 0.508 e. The molecular formula is C43H47N3O13. The lowest BCUT2D eigenvalue weighted by Gasteiger charge is -2.43. The molecule has 1 aromatic heterocycles. The fourth-order valence-electron chi connectivity index (χ4n) is 8.48. The highest BCUT2D eigenvalue weighted by molar-refractivity contribution is 5.96. The minimum Gasteiger partial charge on any atom is -0.508 e. The van der Waals surface area contributed by atoms with Gasteiger partial charge in [-0.15, -0.1) is 0 Å². The third kappa shape index (κ3) is 7.68. The normalized spacial score (nSPS) is 23.6. The number of aliphatic imine (C=N–C) groups is 1. The number of aryl methyl sites for hydroxylation is 1. The van der Waals surface area contributed by atoms with E-state index in [1.54, 1.807) is 19.2 Å². The number of carbonyl (C=O) groups is 1. The van der Waals surface area contributed by atoms with Gasteiger partial charge in [-0.3, -0.25) is 14.6 Å². The van der Waals surface area contributed by atoms with Crippen molar-refractivity contribution in [2.24, 2.45) is 10.9 Å². The Morgan fingerprint density at radius 1 is 1.07 bits per heavy atom. The lowest BCUT2D eigenvalue weighted by Crippen LogP contribution is -2.58. The van der Waals surface area contributed by atoms with Crippen molar-refractivity contribution in [2.45, 2.75) is 81.6 Å². The van der Waals surface area contributed by atoms with Crippen molar-refractivity contribution in [2.75, 3.05) is 31.2 Å². The number of nitrogens with zero attached hydrogens (tertiary/aromatic N) is 2. The first-order valence-corrected chi connectivity index (χ1v) is 19.5. The van der Waals surface area contributed by atoms with Gasteiger partial charge < -0.3 is 55.1 Å². The summed E-state index contributed by atoms with van der Waals surface area (Å²) >= 11 is 0. The van der Waals surface area contributed by atoms with E-state index < -0.39 is 55.3 Å². The average Bonchev–Trinajstić information content (AvgIpc) is 3.94. The van der Waals surface area contributed by atoms with E-state index in [1.165, 1.54) is 36.4 Å². The van der Waals surface area contributed by atoms with Crippen molar-refractivity contribution in [1.29, 1.82) is 0 Å². The fraction of sp³-hybridized carbons (Fsp3) is 0.419. The van der Waals surface area contributed by atoms with Crippen LogP contribution in [0.25, 0.3) is 21.7 Å². The van der Waals surface area contributed by atoms with Crippen LogP contribution in [0.2, 0.25) is 0 Å². The number of anilines is 1. The molecule has 4 aliphatic rings. The van der Waals surface area contributed by atoms with Crippen molar-refractivity contribution in [3.05, 3.63) is 93.1 Å². The number of ether oxygens (including phenoxy) is 1. The molecule has 0 saturated carbocycles. The molecule has 8 N–H and O–H groups in total. The number of benzene rings is 3. The second-order valence-corrected chi connectivity index (χ2v) is 16.2. The number of aliphatic hydroxyl groups is 5. The zero-order valence-corrected chi connectivity index (χ0v) is 32.5. The Bertz CT molecular complexity index is 2460. The molecule has 0 spiro atoms. The van der Waals surface area contributed by atoms with Gasteiger partial charge in [0.15, 0.2) is 16.8 Å². The third-order valence-electron chi connectivity index (χ3n) is 11.9. The number of aliphatic hydroxyl groups excluding tert-OH is 4. The highest BCUT2D eigenvalue weighted by Gasteiger charge is 2.48. The molecule has 8 rings (SSSR count). The highest BCUT2D eigenvalue weighted by Crippen LogP contribution is 2.49. The number of phenolic OH excluding ortho intramolecular Hbond substituents is 2. The minimum absolute atomic E-state index is 0.0226. The van der Waals surface area contributed by atoms with E-state index >= 15 is 0 Å². The van der Waals surface area contributed by atoms with Gasteiger partial charge in [0.2, 0.25) is 5.91 Å². The van der Waals surface area contributed by atoms with Gasteiger partial charge in [-0.2, -0.15) is 0 Å². The summed E-state index contributed by atoms with van der Waals surface area (Å²) in [5, 5.41) is 78.9. The molecule has 7 atom stereocenters. The first-order valence-electron chi connectivity index (χ1n) is 19.5. The van der Waals surface area contributed by atoms with E-state index in [4.69, 9.17) is 18.9 Å². The van der Waals surface area contributed by atoms with E-state index in [0.29, 0.717) is 82.4 Å². The van der Waals surface area contributed by atoms with Gasteiger partial charge in [-0.1, -0.05) is 6.07 Å². The summed E-state index contributed by atoms with van der Waals surface area (Å²) in [7, 11) is 0. The quantitative estimate of drug-likeness (QED) is 0.0673. The number of allylic oxidation sites excluding steroid dienone is 1. The van der Waals surface area contributed by atoms with Crippen LogP contribution in [-0.4, -0.2) is 110 Å². The molecule has 3 aromatic carbocycles. The molecule has 0 unspecified atom stereocenters. The second kappa shape index (κ2) is 15.7. The van der Waals surface area contributed by atoms with Crippen LogP contribution in [-0.2, 0) is 27.4 Å². The van der Waals surface area contributed by atoms with Crippen LogP contribution in [0.15, 0.2) is 80.2 Å². The molecule has 16 heteroatoms. The summed E-state index contributed by atoms with van der Waals surface area (Å²) in [4.78, 5) is 44.0. The molecule has 16 nitrogen and oxygen atoms in total. The summed E-state index contributed by atoms with van der Waals surface area (Å²) in [5.74, 6) is 0.634. The topological polar surface area (TPSA) is 244 Å². The summed E-state index contributed by atoms with van der Waals surface area (Å²) < 4.78 is 13.2. The molecule has 0 aliphatic carbocycles. The lowest BCUT2D eigenvalue weighted by molar-refractivity contribution is -0.371. The highest BCUT2D eigenvalue weighted by atomic mass is 17.2. The maximum absolute atomic E-state index is 13.5. The van der Waals surface area contributed by atoms with E-state index in [9.17, 15) is 45.3 Å². The number of hydrogen-bond acceptors (Lipinski definition) is 15. The Hall–Kier alpha value is -5.33. The standard InChI is InChI=1S/C43H47N3O13/c1-22-11-33(50)30-13-26-14-35(59-56-21-43(55,41(54)38(53)34(51)20-47)16-24-3-6-32(49)28-5-4-27(48)15-29(24)28)42(2,9-7-23-12-36(52)45-17-23)58-39(26)37(40(30)57-22)46-18-25-8-10-44-31(25)19-46/h3-6,8,10-11,13,15,19,23,34-35,38,41,47-49,51,53-55H,7,9,12,14,16-18,20-21H2,1-2H3,(H,45,52)/t23-,34+,35+,38+,41-,42+,43-/m0/s1. The molecule has 4 aromatic rings. The number of aromatic hydroxyl groups is 2. The summed E-state index contributed by atoms with van der Waals surface area (Å²) in [5.41, 5.74) is -0.218. The molecule has 59 heavy (non-hydrogen) atoms.